The molecule has 3 heterocycles. The fourth-order valence-corrected chi connectivity index (χ4v) is 8.02. The highest BCUT2D eigenvalue weighted by Crippen LogP contribution is 2.32. The van der Waals surface area contributed by atoms with Crippen molar-refractivity contribution in [3.8, 4) is 0 Å². The van der Waals surface area contributed by atoms with Crippen LogP contribution in [-0.4, -0.2) is 50.0 Å². The van der Waals surface area contributed by atoms with E-state index in [1.165, 1.54) is 27.0 Å². The Morgan fingerprint density at radius 3 is 2.78 bits per heavy atom. The summed E-state index contributed by atoms with van der Waals surface area (Å²) in [5.74, 6) is -0.855. The molecular formula is C20H21Cl2N3O4S3. The summed E-state index contributed by atoms with van der Waals surface area (Å²) in [5.41, 5.74) is 0.707. The Labute approximate surface area is 203 Å². The van der Waals surface area contributed by atoms with Crippen LogP contribution in [0.3, 0.4) is 0 Å². The van der Waals surface area contributed by atoms with Crippen LogP contribution in [0.1, 0.15) is 12.8 Å². The van der Waals surface area contributed by atoms with Gasteiger partial charge in [-0.2, -0.15) is 9.30 Å². The average Bonchev–Trinajstić information content (AvgIpc) is 3.44. The molecule has 1 aliphatic rings. The smallest absolute Gasteiger partial charge is 0.252 e. The van der Waals surface area contributed by atoms with Gasteiger partial charge in [0, 0.05) is 26.7 Å². The third kappa shape index (κ3) is 4.68. The summed E-state index contributed by atoms with van der Waals surface area (Å²) < 4.78 is 35.2. The van der Waals surface area contributed by atoms with Gasteiger partial charge in [0.2, 0.25) is 0 Å². The van der Waals surface area contributed by atoms with Crippen molar-refractivity contribution in [2.24, 2.45) is 10.9 Å². The van der Waals surface area contributed by atoms with E-state index in [1.54, 1.807) is 36.8 Å². The quantitative estimate of drug-likeness (QED) is 0.474. The molecule has 0 aliphatic carbocycles. The number of thiazole rings is 1. The maximum Gasteiger partial charge on any atom is 0.252 e. The summed E-state index contributed by atoms with van der Waals surface area (Å²) in [4.78, 5) is 18.0. The van der Waals surface area contributed by atoms with E-state index in [1.807, 2.05) is 4.57 Å². The molecule has 172 valence electrons. The number of fused-ring (bicyclic) bond motifs is 1. The Hall–Kier alpha value is -1.27. The summed E-state index contributed by atoms with van der Waals surface area (Å²) >= 11 is 15.2. The monoisotopic (exact) mass is 533 g/mol. The van der Waals surface area contributed by atoms with Crippen LogP contribution in [0.25, 0.3) is 10.2 Å². The molecule has 0 spiro atoms. The summed E-state index contributed by atoms with van der Waals surface area (Å²) in [5, 5.41) is 2.77. The molecule has 2 aromatic heterocycles. The maximum atomic E-state index is 13.1. The number of carbonyl (C=O) groups is 1. The van der Waals surface area contributed by atoms with Crippen LogP contribution < -0.4 is 4.80 Å². The number of amides is 1. The Morgan fingerprint density at radius 2 is 2.06 bits per heavy atom. The van der Waals surface area contributed by atoms with Crippen molar-refractivity contribution in [1.29, 1.82) is 0 Å². The fourth-order valence-electron chi connectivity index (χ4n) is 3.67. The molecule has 7 nitrogen and oxygen atoms in total. The first-order valence-corrected chi connectivity index (χ1v) is 13.8. The van der Waals surface area contributed by atoms with E-state index in [0.29, 0.717) is 52.9 Å². The van der Waals surface area contributed by atoms with E-state index in [0.717, 1.165) is 4.70 Å². The Kier molecular flexibility index (Phi) is 7.40. The van der Waals surface area contributed by atoms with Crippen molar-refractivity contribution in [1.82, 2.24) is 8.87 Å². The van der Waals surface area contributed by atoms with Crippen LogP contribution in [0.4, 0.5) is 0 Å². The van der Waals surface area contributed by atoms with Gasteiger partial charge in [0.15, 0.2) is 4.80 Å². The van der Waals surface area contributed by atoms with E-state index in [9.17, 15) is 13.2 Å². The zero-order chi connectivity index (χ0) is 22.9. The van der Waals surface area contributed by atoms with Crippen molar-refractivity contribution in [3.05, 3.63) is 44.5 Å². The van der Waals surface area contributed by atoms with Gasteiger partial charge >= 0.3 is 0 Å². The lowest BCUT2D eigenvalue weighted by molar-refractivity contribution is -0.122. The van der Waals surface area contributed by atoms with Gasteiger partial charge in [-0.05, 0) is 36.4 Å². The van der Waals surface area contributed by atoms with E-state index in [-0.39, 0.29) is 16.7 Å². The topological polar surface area (TPSA) is 81.0 Å². The number of carbonyl (C=O) groups excluding carboxylic acids is 1. The maximum absolute atomic E-state index is 13.1. The van der Waals surface area contributed by atoms with E-state index in [4.69, 9.17) is 27.9 Å². The minimum absolute atomic E-state index is 0.118. The Bertz CT molecular complexity index is 1300. The van der Waals surface area contributed by atoms with Gasteiger partial charge in [0.25, 0.3) is 15.9 Å². The molecule has 1 aliphatic heterocycles. The standard InChI is InChI=1S/C20H21Cl2N3O4S3/c1-29-10-9-25-17-14(21)6-7-15(22)18(17)31-20(25)23-19(26)13-4-2-8-24(12-13)32(27,28)16-5-3-11-30-16/h3,5-7,11,13H,2,4,8-10,12H2,1H3. The average molecular weight is 535 g/mol. The van der Waals surface area contributed by atoms with Crippen LogP contribution in [0.15, 0.2) is 38.8 Å². The third-order valence-corrected chi connectivity index (χ3v) is 10.4. The SMILES string of the molecule is COCCn1c(=NC(=O)C2CCCN(S(=O)(=O)c3cccs3)C2)sc2c(Cl)ccc(Cl)c21. The lowest BCUT2D eigenvalue weighted by Crippen LogP contribution is -2.42. The molecule has 0 N–H and O–H groups in total. The molecule has 12 heteroatoms. The highest BCUT2D eigenvalue weighted by molar-refractivity contribution is 7.91. The highest BCUT2D eigenvalue weighted by Gasteiger charge is 2.34. The Balaban J connectivity index is 1.67. The number of thiophene rings is 1. The zero-order valence-corrected chi connectivity index (χ0v) is 21.1. The first-order valence-electron chi connectivity index (χ1n) is 9.91. The van der Waals surface area contributed by atoms with Crippen LogP contribution in [0.5, 0.6) is 0 Å². The van der Waals surface area contributed by atoms with Crippen LogP contribution in [0, 0.1) is 5.92 Å². The molecule has 0 radical (unpaired) electrons. The minimum atomic E-state index is -3.61. The van der Waals surface area contributed by atoms with Crippen molar-refractivity contribution in [2.45, 2.75) is 23.6 Å². The molecule has 0 bridgehead atoms. The van der Waals surface area contributed by atoms with Crippen molar-refractivity contribution in [3.63, 3.8) is 0 Å². The molecule has 0 saturated carbocycles. The molecule has 1 atom stereocenters. The molecule has 32 heavy (non-hydrogen) atoms. The summed E-state index contributed by atoms with van der Waals surface area (Å²) in [7, 11) is -2.01. The molecule has 1 amide bonds. The zero-order valence-electron chi connectivity index (χ0n) is 17.2. The number of rotatable bonds is 6. The lowest BCUT2D eigenvalue weighted by Gasteiger charge is -2.29. The first kappa shape index (κ1) is 23.9. The Morgan fingerprint density at radius 1 is 1.28 bits per heavy atom. The molecule has 4 rings (SSSR count). The second kappa shape index (κ2) is 9.92. The largest absolute Gasteiger partial charge is 0.383 e. The summed E-state index contributed by atoms with van der Waals surface area (Å²) in [6.07, 6.45) is 1.19. The van der Waals surface area contributed by atoms with Gasteiger partial charge in [-0.1, -0.05) is 40.6 Å². The van der Waals surface area contributed by atoms with Crippen molar-refractivity contribution >= 4 is 72.0 Å². The highest BCUT2D eigenvalue weighted by atomic mass is 35.5. The van der Waals surface area contributed by atoms with E-state index < -0.39 is 15.9 Å². The molecular weight excluding hydrogens is 513 g/mol. The number of nitrogens with zero attached hydrogens (tertiary/aromatic N) is 3. The molecule has 1 aromatic carbocycles. The molecule has 3 aromatic rings. The molecule has 1 saturated heterocycles. The van der Waals surface area contributed by atoms with Crippen LogP contribution >= 0.6 is 45.9 Å². The number of ether oxygens (including phenoxy) is 1. The van der Waals surface area contributed by atoms with Gasteiger partial charge < -0.3 is 9.30 Å². The minimum Gasteiger partial charge on any atom is -0.383 e. The van der Waals surface area contributed by atoms with E-state index >= 15 is 0 Å². The molecule has 1 fully saturated rings. The van der Waals surface area contributed by atoms with Gasteiger partial charge in [-0.3, -0.25) is 4.79 Å². The van der Waals surface area contributed by atoms with Gasteiger partial charge in [-0.15, -0.1) is 11.3 Å². The second-order valence-electron chi connectivity index (χ2n) is 7.32. The summed E-state index contributed by atoms with van der Waals surface area (Å²) in [6, 6.07) is 6.71. The van der Waals surface area contributed by atoms with E-state index in [2.05, 4.69) is 4.99 Å². The lowest BCUT2D eigenvalue weighted by atomic mass is 9.99. The number of halogens is 2. The van der Waals surface area contributed by atoms with Gasteiger partial charge in [-0.25, -0.2) is 8.42 Å². The number of hydrogen-bond acceptors (Lipinski definition) is 6. The number of aromatic nitrogens is 1. The van der Waals surface area contributed by atoms with Crippen LogP contribution in [-0.2, 0) is 26.1 Å². The fraction of sp³-hybridized carbons (Fsp3) is 0.400. The molecule has 1 unspecified atom stereocenters. The number of piperidine rings is 1. The van der Waals surface area contributed by atoms with Crippen molar-refractivity contribution < 1.29 is 17.9 Å². The van der Waals surface area contributed by atoms with Crippen LogP contribution in [0.2, 0.25) is 10.0 Å². The number of sulfonamides is 1. The second-order valence-corrected chi connectivity index (χ2v) is 12.2. The number of methoxy groups -OCH3 is 1. The normalized spacial score (nSPS) is 18.5. The van der Waals surface area contributed by atoms with Gasteiger partial charge in [0.05, 0.1) is 32.8 Å². The first-order chi connectivity index (χ1) is 15.3. The summed E-state index contributed by atoms with van der Waals surface area (Å²) in [6.45, 7) is 1.37. The third-order valence-electron chi connectivity index (χ3n) is 5.28. The number of benzene rings is 1. The number of hydrogen-bond donors (Lipinski definition) is 0. The predicted molar refractivity (Wildman–Crippen MR) is 128 cm³/mol. The van der Waals surface area contributed by atoms with Gasteiger partial charge in [0.1, 0.15) is 4.21 Å². The van der Waals surface area contributed by atoms with Crippen molar-refractivity contribution in [2.75, 3.05) is 26.8 Å². The predicted octanol–water partition coefficient (Wildman–Crippen LogP) is 4.25.